The molecule has 3 nitrogen and oxygen atoms in total. The number of benzene rings is 1. The molecule has 0 spiro atoms. The zero-order valence-corrected chi connectivity index (χ0v) is 9.72. The van der Waals surface area contributed by atoms with Gasteiger partial charge in [-0.1, -0.05) is 15.9 Å². The molecule has 1 atom stereocenters. The second kappa shape index (κ2) is 3.37. The molecule has 74 valence electrons. The van der Waals surface area contributed by atoms with Gasteiger partial charge >= 0.3 is 0 Å². The molecule has 0 aliphatic carbocycles. The van der Waals surface area contributed by atoms with Gasteiger partial charge < -0.3 is 10.7 Å². The number of hydrogen-bond donors (Lipinski definition) is 2. The molecule has 3 N–H and O–H groups in total. The van der Waals surface area contributed by atoms with Gasteiger partial charge in [-0.2, -0.15) is 0 Å². The molecule has 4 heteroatoms. The Bertz CT molecular complexity index is 434. The lowest BCUT2D eigenvalue weighted by molar-refractivity contribution is 0.760. The summed E-state index contributed by atoms with van der Waals surface area (Å²) >= 11 is 3.48. The van der Waals surface area contributed by atoms with E-state index in [0.29, 0.717) is 0 Å². The Morgan fingerprint density at radius 1 is 1.50 bits per heavy atom. The maximum Gasteiger partial charge on any atom is 0.123 e. The molecule has 2 rings (SSSR count). The Morgan fingerprint density at radius 3 is 2.86 bits per heavy atom. The Balaban J connectivity index is 2.66. The smallest absolute Gasteiger partial charge is 0.123 e. The Hall–Kier alpha value is -0.870. The lowest BCUT2D eigenvalue weighted by Crippen LogP contribution is -2.06. The summed E-state index contributed by atoms with van der Waals surface area (Å²) < 4.78 is 1.08. The van der Waals surface area contributed by atoms with Gasteiger partial charge in [-0.05, 0) is 31.5 Å². The largest absolute Gasteiger partial charge is 0.341 e. The van der Waals surface area contributed by atoms with E-state index in [2.05, 4.69) is 38.9 Å². The number of H-pyrrole nitrogens is 1. The number of nitrogens with zero attached hydrogens (tertiary/aromatic N) is 1. The van der Waals surface area contributed by atoms with Gasteiger partial charge in [-0.15, -0.1) is 0 Å². The van der Waals surface area contributed by atoms with Crippen LogP contribution in [-0.2, 0) is 0 Å². The standard InChI is InChI=1S/C10H12BrN3/c1-5-3-8-9(4-7(5)11)14-10(13-8)6(2)12/h3-4,6H,12H2,1-2H3,(H,13,14)/t6-/m1/s1. The molecule has 0 saturated heterocycles. The summed E-state index contributed by atoms with van der Waals surface area (Å²) in [7, 11) is 0. The zero-order valence-electron chi connectivity index (χ0n) is 8.13. The van der Waals surface area contributed by atoms with Crippen LogP contribution >= 0.6 is 15.9 Å². The van der Waals surface area contributed by atoms with Gasteiger partial charge in [0.1, 0.15) is 5.82 Å². The second-order valence-corrected chi connectivity index (χ2v) is 4.38. The van der Waals surface area contributed by atoms with Gasteiger partial charge in [0.2, 0.25) is 0 Å². The van der Waals surface area contributed by atoms with E-state index in [1.54, 1.807) is 0 Å². The molecule has 0 amide bonds. The maximum atomic E-state index is 5.75. The molecule has 0 aliphatic rings. The Morgan fingerprint density at radius 2 is 2.21 bits per heavy atom. The summed E-state index contributed by atoms with van der Waals surface area (Å²) in [6, 6.07) is 4.02. The first-order valence-electron chi connectivity index (χ1n) is 4.49. The highest BCUT2D eigenvalue weighted by Gasteiger charge is 2.07. The fourth-order valence-electron chi connectivity index (χ4n) is 1.37. The maximum absolute atomic E-state index is 5.75. The van der Waals surface area contributed by atoms with Crippen molar-refractivity contribution in [3.05, 3.63) is 28.0 Å². The molecule has 14 heavy (non-hydrogen) atoms. The van der Waals surface area contributed by atoms with E-state index in [-0.39, 0.29) is 6.04 Å². The molecular formula is C10H12BrN3. The molecule has 0 unspecified atom stereocenters. The van der Waals surface area contributed by atoms with Crippen molar-refractivity contribution < 1.29 is 0 Å². The van der Waals surface area contributed by atoms with E-state index in [1.807, 2.05) is 13.0 Å². The van der Waals surface area contributed by atoms with Gasteiger partial charge in [-0.3, -0.25) is 0 Å². The Kier molecular flexibility index (Phi) is 2.33. The first kappa shape index (κ1) is 9.68. The van der Waals surface area contributed by atoms with Crippen LogP contribution in [0.1, 0.15) is 24.4 Å². The van der Waals surface area contributed by atoms with Crippen molar-refractivity contribution in [1.29, 1.82) is 0 Å². The van der Waals surface area contributed by atoms with Gasteiger partial charge in [0.15, 0.2) is 0 Å². The number of halogens is 1. The zero-order chi connectivity index (χ0) is 10.3. The SMILES string of the molecule is Cc1cc2[nH]c([C@@H](C)N)nc2cc1Br. The van der Waals surface area contributed by atoms with Crippen molar-refractivity contribution in [3.8, 4) is 0 Å². The molecule has 1 aromatic carbocycles. The summed E-state index contributed by atoms with van der Waals surface area (Å²) in [5.41, 5.74) is 8.93. The lowest BCUT2D eigenvalue weighted by Gasteiger charge is -1.96. The molecule has 0 bridgehead atoms. The summed E-state index contributed by atoms with van der Waals surface area (Å²) in [4.78, 5) is 7.61. The van der Waals surface area contributed by atoms with Crippen LogP contribution in [0.25, 0.3) is 11.0 Å². The van der Waals surface area contributed by atoms with Crippen LogP contribution in [-0.4, -0.2) is 9.97 Å². The molecule has 1 heterocycles. The highest BCUT2D eigenvalue weighted by Crippen LogP contribution is 2.23. The van der Waals surface area contributed by atoms with Crippen LogP contribution in [0, 0.1) is 6.92 Å². The monoisotopic (exact) mass is 253 g/mol. The first-order valence-corrected chi connectivity index (χ1v) is 5.28. The van der Waals surface area contributed by atoms with E-state index in [9.17, 15) is 0 Å². The number of rotatable bonds is 1. The molecule has 0 radical (unpaired) electrons. The van der Waals surface area contributed by atoms with Crippen molar-refractivity contribution in [3.63, 3.8) is 0 Å². The summed E-state index contributed by atoms with van der Waals surface area (Å²) in [6.07, 6.45) is 0. The average molecular weight is 254 g/mol. The minimum atomic E-state index is -0.0542. The molecule has 0 fully saturated rings. The summed E-state index contributed by atoms with van der Waals surface area (Å²) in [6.45, 7) is 3.97. The van der Waals surface area contributed by atoms with E-state index in [0.717, 1.165) is 21.3 Å². The van der Waals surface area contributed by atoms with Crippen molar-refractivity contribution >= 4 is 27.0 Å². The fourth-order valence-corrected chi connectivity index (χ4v) is 1.71. The number of aryl methyl sites for hydroxylation is 1. The number of imidazole rings is 1. The third kappa shape index (κ3) is 1.55. The Labute approximate surface area is 90.8 Å². The highest BCUT2D eigenvalue weighted by molar-refractivity contribution is 9.10. The third-order valence-corrected chi connectivity index (χ3v) is 3.07. The molecule has 0 saturated carbocycles. The molecule has 2 aromatic rings. The minimum Gasteiger partial charge on any atom is -0.341 e. The molecule has 1 aromatic heterocycles. The van der Waals surface area contributed by atoms with Crippen molar-refractivity contribution in [2.75, 3.05) is 0 Å². The quantitative estimate of drug-likeness (QED) is 0.821. The summed E-state index contributed by atoms with van der Waals surface area (Å²) in [5, 5.41) is 0. The van der Waals surface area contributed by atoms with Crippen LogP contribution in [0.5, 0.6) is 0 Å². The fraction of sp³-hybridized carbons (Fsp3) is 0.300. The highest BCUT2D eigenvalue weighted by atomic mass is 79.9. The second-order valence-electron chi connectivity index (χ2n) is 3.53. The minimum absolute atomic E-state index is 0.0542. The number of nitrogens with two attached hydrogens (primary N) is 1. The number of fused-ring (bicyclic) bond motifs is 1. The number of hydrogen-bond acceptors (Lipinski definition) is 2. The van der Waals surface area contributed by atoms with Crippen LogP contribution < -0.4 is 5.73 Å². The number of aromatic nitrogens is 2. The van der Waals surface area contributed by atoms with E-state index in [1.165, 1.54) is 5.56 Å². The predicted octanol–water partition coefficient (Wildman–Crippen LogP) is 2.65. The van der Waals surface area contributed by atoms with Crippen molar-refractivity contribution in [2.45, 2.75) is 19.9 Å². The van der Waals surface area contributed by atoms with Crippen LogP contribution in [0.15, 0.2) is 16.6 Å². The number of aromatic amines is 1. The first-order chi connectivity index (χ1) is 6.58. The predicted molar refractivity (Wildman–Crippen MR) is 61.1 cm³/mol. The van der Waals surface area contributed by atoms with Gasteiger partial charge in [0.25, 0.3) is 0 Å². The molecule has 0 aliphatic heterocycles. The van der Waals surface area contributed by atoms with Crippen molar-refractivity contribution in [2.24, 2.45) is 5.73 Å². The van der Waals surface area contributed by atoms with E-state index >= 15 is 0 Å². The topological polar surface area (TPSA) is 54.7 Å². The van der Waals surface area contributed by atoms with Gasteiger partial charge in [0.05, 0.1) is 17.1 Å². The van der Waals surface area contributed by atoms with Crippen LogP contribution in [0.4, 0.5) is 0 Å². The normalized spacial score (nSPS) is 13.4. The van der Waals surface area contributed by atoms with Gasteiger partial charge in [-0.25, -0.2) is 4.98 Å². The van der Waals surface area contributed by atoms with Crippen LogP contribution in [0.3, 0.4) is 0 Å². The third-order valence-electron chi connectivity index (χ3n) is 2.21. The number of nitrogens with one attached hydrogen (secondary N) is 1. The van der Waals surface area contributed by atoms with Gasteiger partial charge in [0, 0.05) is 4.47 Å². The lowest BCUT2D eigenvalue weighted by atomic mass is 10.2. The summed E-state index contributed by atoms with van der Waals surface area (Å²) in [5.74, 6) is 0.831. The van der Waals surface area contributed by atoms with E-state index < -0.39 is 0 Å². The molecular weight excluding hydrogens is 242 g/mol. The van der Waals surface area contributed by atoms with E-state index in [4.69, 9.17) is 5.73 Å². The van der Waals surface area contributed by atoms with Crippen LogP contribution in [0.2, 0.25) is 0 Å². The average Bonchev–Trinajstić information content (AvgIpc) is 2.48. The van der Waals surface area contributed by atoms with Crippen molar-refractivity contribution in [1.82, 2.24) is 9.97 Å².